The zero-order chi connectivity index (χ0) is 18.3. The number of hydrogen-bond acceptors (Lipinski definition) is 6. The van der Waals surface area contributed by atoms with Crippen molar-refractivity contribution in [2.75, 3.05) is 12.3 Å². The zero-order valence-electron chi connectivity index (χ0n) is 14.0. The quantitative estimate of drug-likeness (QED) is 0.521. The summed E-state index contributed by atoms with van der Waals surface area (Å²) < 4.78 is 1.58. The van der Waals surface area contributed by atoms with Gasteiger partial charge < -0.3 is 21.8 Å². The summed E-state index contributed by atoms with van der Waals surface area (Å²) in [5.41, 5.74) is 14.4. The van der Waals surface area contributed by atoms with Crippen LogP contribution in [0.25, 0.3) is 16.8 Å². The van der Waals surface area contributed by atoms with Crippen LogP contribution >= 0.6 is 0 Å². The fourth-order valence-corrected chi connectivity index (χ4v) is 3.35. The summed E-state index contributed by atoms with van der Waals surface area (Å²) >= 11 is 0. The Labute approximate surface area is 148 Å². The van der Waals surface area contributed by atoms with Crippen molar-refractivity contribution in [3.05, 3.63) is 46.6 Å². The molecule has 4 rings (SSSR count). The number of piperidine rings is 1. The van der Waals surface area contributed by atoms with E-state index < -0.39 is 0 Å². The molecule has 0 radical (unpaired) electrons. The Hall–Kier alpha value is -3.20. The highest BCUT2D eigenvalue weighted by Crippen LogP contribution is 2.29. The molecule has 2 unspecified atom stereocenters. The molecule has 1 aliphatic heterocycles. The van der Waals surface area contributed by atoms with Gasteiger partial charge in [-0.15, -0.1) is 0 Å². The number of carbonyl (C=O) groups is 1. The molecule has 134 valence electrons. The second-order valence-corrected chi connectivity index (χ2v) is 6.48. The van der Waals surface area contributed by atoms with Crippen molar-refractivity contribution < 1.29 is 4.79 Å². The average molecular weight is 353 g/mol. The molecule has 4 heterocycles. The molecule has 0 spiro atoms. The molecule has 0 aliphatic carbocycles. The Balaban J connectivity index is 1.71. The molecule has 0 saturated carbocycles. The van der Waals surface area contributed by atoms with E-state index >= 15 is 0 Å². The fourth-order valence-electron chi connectivity index (χ4n) is 3.35. The van der Waals surface area contributed by atoms with Crippen LogP contribution in [0.4, 0.5) is 5.82 Å². The molecule has 1 amide bonds. The minimum atomic E-state index is -0.331. The number of rotatable bonds is 3. The summed E-state index contributed by atoms with van der Waals surface area (Å²) in [7, 11) is 0. The number of nitrogen functional groups attached to an aromatic ring is 1. The van der Waals surface area contributed by atoms with Crippen LogP contribution in [0.3, 0.4) is 0 Å². The predicted molar refractivity (Wildman–Crippen MR) is 96.4 cm³/mol. The van der Waals surface area contributed by atoms with Gasteiger partial charge in [-0.1, -0.05) is 0 Å². The molecular formula is C17H19N7O2. The predicted octanol–water partition coefficient (Wildman–Crippen LogP) is -0.0123. The largest absolute Gasteiger partial charge is 0.384 e. The molecule has 1 fully saturated rings. The SMILES string of the molecule is NC(=O)C1CCC(c2cc(N)n3ncc(-c4ccc(=O)[nH]c4)c3n2)CN1. The van der Waals surface area contributed by atoms with E-state index in [2.05, 4.69) is 15.4 Å². The third-order valence-electron chi connectivity index (χ3n) is 4.79. The summed E-state index contributed by atoms with van der Waals surface area (Å²) in [4.78, 5) is 30.0. The number of fused-ring (bicyclic) bond motifs is 1. The Morgan fingerprint density at radius 2 is 2.15 bits per heavy atom. The average Bonchev–Trinajstić information content (AvgIpc) is 3.07. The first-order valence-electron chi connectivity index (χ1n) is 8.39. The Bertz CT molecular complexity index is 1010. The smallest absolute Gasteiger partial charge is 0.247 e. The van der Waals surface area contributed by atoms with Crippen LogP contribution in [-0.2, 0) is 4.79 Å². The second-order valence-electron chi connectivity index (χ2n) is 6.48. The van der Waals surface area contributed by atoms with Crippen molar-refractivity contribution in [3.8, 4) is 11.1 Å². The number of carbonyl (C=O) groups excluding carboxylic acids is 1. The third-order valence-corrected chi connectivity index (χ3v) is 4.79. The Kier molecular flexibility index (Phi) is 3.92. The van der Waals surface area contributed by atoms with Gasteiger partial charge in [0.15, 0.2) is 5.65 Å². The van der Waals surface area contributed by atoms with Crippen LogP contribution in [0, 0.1) is 0 Å². The summed E-state index contributed by atoms with van der Waals surface area (Å²) in [5.74, 6) is 0.288. The normalized spacial score (nSPS) is 20.3. The monoisotopic (exact) mass is 353 g/mol. The number of aromatic nitrogens is 4. The number of nitrogens with one attached hydrogen (secondary N) is 2. The van der Waals surface area contributed by atoms with E-state index in [1.165, 1.54) is 6.07 Å². The first-order valence-corrected chi connectivity index (χ1v) is 8.39. The topological polar surface area (TPSA) is 144 Å². The molecule has 2 atom stereocenters. The van der Waals surface area contributed by atoms with Crippen LogP contribution < -0.4 is 22.3 Å². The van der Waals surface area contributed by atoms with Crippen molar-refractivity contribution in [2.24, 2.45) is 5.73 Å². The zero-order valence-corrected chi connectivity index (χ0v) is 14.0. The van der Waals surface area contributed by atoms with Gasteiger partial charge in [-0.05, 0) is 18.9 Å². The number of nitrogens with two attached hydrogens (primary N) is 2. The maximum atomic E-state index is 11.3. The number of primary amides is 1. The van der Waals surface area contributed by atoms with Gasteiger partial charge in [0, 0.05) is 41.9 Å². The van der Waals surface area contributed by atoms with E-state index in [9.17, 15) is 9.59 Å². The van der Waals surface area contributed by atoms with Crippen LogP contribution in [0.15, 0.2) is 35.4 Å². The lowest BCUT2D eigenvalue weighted by atomic mass is 9.91. The first-order chi connectivity index (χ1) is 12.5. The highest BCUT2D eigenvalue weighted by molar-refractivity contribution is 5.80. The number of pyridine rings is 1. The standard InChI is InChI=1S/C17H19N7O2/c18-14-5-13(10-1-3-12(16(19)26)20-7-10)23-17-11(8-22-24(14)17)9-2-4-15(25)21-6-9/h2,4-6,8,10,12,20H,1,3,7,18H2,(H2,19,26)(H,21,25). The van der Waals surface area contributed by atoms with Gasteiger partial charge in [0.05, 0.1) is 17.9 Å². The van der Waals surface area contributed by atoms with Gasteiger partial charge in [-0.3, -0.25) is 9.59 Å². The van der Waals surface area contributed by atoms with E-state index in [0.717, 1.165) is 23.2 Å². The molecule has 9 nitrogen and oxygen atoms in total. The maximum Gasteiger partial charge on any atom is 0.247 e. The Morgan fingerprint density at radius 3 is 2.81 bits per heavy atom. The molecular weight excluding hydrogens is 334 g/mol. The van der Waals surface area contributed by atoms with E-state index in [1.54, 1.807) is 23.0 Å². The molecule has 1 aliphatic rings. The number of aromatic amines is 1. The maximum absolute atomic E-state index is 11.3. The molecule has 1 saturated heterocycles. The van der Waals surface area contributed by atoms with Crippen LogP contribution in [0.5, 0.6) is 0 Å². The van der Waals surface area contributed by atoms with Gasteiger partial charge in [0.1, 0.15) is 5.82 Å². The van der Waals surface area contributed by atoms with Gasteiger partial charge in [-0.2, -0.15) is 9.61 Å². The highest BCUT2D eigenvalue weighted by Gasteiger charge is 2.26. The van der Waals surface area contributed by atoms with Crippen LogP contribution in [0.2, 0.25) is 0 Å². The number of amides is 1. The van der Waals surface area contributed by atoms with Crippen molar-refractivity contribution in [2.45, 2.75) is 24.8 Å². The van der Waals surface area contributed by atoms with E-state index in [0.29, 0.717) is 24.4 Å². The van der Waals surface area contributed by atoms with Gasteiger partial charge in [0.2, 0.25) is 11.5 Å². The molecule has 0 aromatic carbocycles. The molecule has 9 heteroatoms. The second kappa shape index (κ2) is 6.26. The molecule has 6 N–H and O–H groups in total. The molecule has 3 aromatic heterocycles. The lowest BCUT2D eigenvalue weighted by Gasteiger charge is -2.27. The molecule has 3 aromatic rings. The third kappa shape index (κ3) is 2.82. The summed E-state index contributed by atoms with van der Waals surface area (Å²) in [6.07, 6.45) is 4.77. The van der Waals surface area contributed by atoms with Gasteiger partial charge in [-0.25, -0.2) is 4.98 Å². The number of hydrogen-bond donors (Lipinski definition) is 4. The summed E-state index contributed by atoms with van der Waals surface area (Å²) in [6.45, 7) is 0.609. The molecule has 26 heavy (non-hydrogen) atoms. The first kappa shape index (κ1) is 16.3. The molecule has 0 bridgehead atoms. The van der Waals surface area contributed by atoms with Crippen molar-refractivity contribution in [1.82, 2.24) is 24.9 Å². The van der Waals surface area contributed by atoms with Crippen LogP contribution in [-0.4, -0.2) is 38.1 Å². The van der Waals surface area contributed by atoms with E-state index in [4.69, 9.17) is 16.5 Å². The van der Waals surface area contributed by atoms with E-state index in [-0.39, 0.29) is 23.4 Å². The number of nitrogens with zero attached hydrogens (tertiary/aromatic N) is 3. The van der Waals surface area contributed by atoms with E-state index in [1.807, 2.05) is 6.07 Å². The Morgan fingerprint density at radius 1 is 1.31 bits per heavy atom. The van der Waals surface area contributed by atoms with Crippen molar-refractivity contribution in [3.63, 3.8) is 0 Å². The number of anilines is 1. The lowest BCUT2D eigenvalue weighted by molar-refractivity contribution is -0.120. The van der Waals surface area contributed by atoms with Gasteiger partial charge >= 0.3 is 0 Å². The lowest BCUT2D eigenvalue weighted by Crippen LogP contribution is -2.46. The minimum absolute atomic E-state index is 0.135. The minimum Gasteiger partial charge on any atom is -0.384 e. The number of H-pyrrole nitrogens is 1. The van der Waals surface area contributed by atoms with Crippen LogP contribution in [0.1, 0.15) is 24.5 Å². The summed E-state index contributed by atoms with van der Waals surface area (Å²) in [6, 6.07) is 4.70. The summed E-state index contributed by atoms with van der Waals surface area (Å²) in [5, 5.41) is 7.46. The van der Waals surface area contributed by atoms with Crippen molar-refractivity contribution >= 4 is 17.4 Å². The highest BCUT2D eigenvalue weighted by atomic mass is 16.1. The van der Waals surface area contributed by atoms with Gasteiger partial charge in [0.25, 0.3) is 0 Å². The van der Waals surface area contributed by atoms with Crippen molar-refractivity contribution in [1.29, 1.82) is 0 Å². The fraction of sp³-hybridized carbons (Fsp3) is 0.294.